The van der Waals surface area contributed by atoms with Gasteiger partial charge in [0, 0.05) is 36.5 Å². The molecular weight excluding hydrogens is 487 g/mol. The smallest absolute Gasteiger partial charge is 0.406 e. The average molecular weight is 520 g/mol. The number of rotatable bonds is 7. The number of aromatic nitrogens is 4. The highest BCUT2D eigenvalue weighted by Crippen LogP contribution is 2.37. The third-order valence-electron chi connectivity index (χ3n) is 7.28. The molecule has 1 saturated heterocycles. The van der Waals surface area contributed by atoms with E-state index in [4.69, 9.17) is 20.4 Å². The number of hydrogen-bond donors (Lipinski definition) is 3. The highest BCUT2D eigenvalue weighted by atomic mass is 19.4. The average Bonchev–Trinajstić information content (AvgIpc) is 3.20. The number of imidazole rings is 1. The maximum Gasteiger partial charge on any atom is 0.573 e. The third-order valence-corrected chi connectivity index (χ3v) is 7.28. The molecule has 0 radical (unpaired) electrons. The van der Waals surface area contributed by atoms with Crippen molar-refractivity contribution in [2.24, 2.45) is 11.7 Å². The summed E-state index contributed by atoms with van der Waals surface area (Å²) in [7, 11) is 0. The lowest BCUT2D eigenvalue weighted by atomic mass is 9.86. The van der Waals surface area contributed by atoms with Gasteiger partial charge in [-0.3, -0.25) is 4.57 Å². The van der Waals surface area contributed by atoms with Crippen LogP contribution in [0.15, 0.2) is 30.5 Å². The topological polar surface area (TPSA) is 112 Å². The molecule has 4 N–H and O–H groups in total. The number of hydrogen-bond acceptors (Lipinski definition) is 8. The van der Waals surface area contributed by atoms with Crippen molar-refractivity contribution in [1.29, 1.82) is 0 Å². The number of nitrogens with zero attached hydrogens (tertiary/aromatic N) is 4. The lowest BCUT2D eigenvalue weighted by Crippen LogP contribution is -2.41. The van der Waals surface area contributed by atoms with Gasteiger partial charge in [-0.1, -0.05) is 6.07 Å². The van der Waals surface area contributed by atoms with Crippen LogP contribution in [0.1, 0.15) is 51.5 Å². The molecule has 2 aromatic heterocycles. The molecule has 0 amide bonds. The summed E-state index contributed by atoms with van der Waals surface area (Å²) in [5.74, 6) is 1.19. The molecule has 1 saturated carbocycles. The van der Waals surface area contributed by atoms with Crippen LogP contribution in [-0.4, -0.2) is 51.2 Å². The largest absolute Gasteiger partial charge is 0.573 e. The second-order valence-corrected chi connectivity index (χ2v) is 10.1. The zero-order valence-electron chi connectivity index (χ0n) is 20.7. The second kappa shape index (κ2) is 10.3. The zero-order chi connectivity index (χ0) is 26.0. The maximum absolute atomic E-state index is 12.7. The molecule has 1 aliphatic carbocycles. The van der Waals surface area contributed by atoms with Gasteiger partial charge in [-0.2, -0.15) is 4.98 Å². The van der Waals surface area contributed by atoms with Gasteiger partial charge < -0.3 is 25.8 Å². The van der Waals surface area contributed by atoms with Crippen LogP contribution in [-0.2, 0) is 4.74 Å². The van der Waals surface area contributed by atoms with E-state index in [1.807, 2.05) is 0 Å². The lowest BCUT2D eigenvalue weighted by Gasteiger charge is -2.34. The fraction of sp³-hybridized carbons (Fsp3) is 0.560. The number of nitrogens with two attached hydrogens (primary N) is 1. The minimum atomic E-state index is -4.77. The lowest BCUT2D eigenvalue weighted by molar-refractivity contribution is -0.274. The highest BCUT2D eigenvalue weighted by Gasteiger charge is 2.32. The Morgan fingerprint density at radius 3 is 2.62 bits per heavy atom. The molecule has 2 aliphatic rings. The van der Waals surface area contributed by atoms with E-state index in [1.54, 1.807) is 12.3 Å². The van der Waals surface area contributed by atoms with Crippen molar-refractivity contribution < 1.29 is 22.6 Å². The number of anilines is 3. The van der Waals surface area contributed by atoms with Gasteiger partial charge in [0.05, 0.1) is 6.20 Å². The summed E-state index contributed by atoms with van der Waals surface area (Å²) in [6.07, 6.45) is 2.39. The Balaban J connectivity index is 1.48. The number of ether oxygens (including phenoxy) is 2. The van der Waals surface area contributed by atoms with Crippen LogP contribution in [0.5, 0.6) is 5.75 Å². The first-order chi connectivity index (χ1) is 17.7. The Labute approximate surface area is 213 Å². The van der Waals surface area contributed by atoms with E-state index in [-0.39, 0.29) is 17.3 Å². The Morgan fingerprint density at radius 1 is 1.16 bits per heavy atom. The van der Waals surface area contributed by atoms with Crippen LogP contribution in [0.3, 0.4) is 0 Å². The molecule has 37 heavy (non-hydrogen) atoms. The van der Waals surface area contributed by atoms with Gasteiger partial charge in [-0.25, -0.2) is 9.97 Å². The standard InChI is InChI=1S/C25H32F3N7O2/c1-24(9-11-36-12-10-24)34-22-30-15-20-21(33-22)35(18-7-5-16(14-29)6-8-18)23(32-20)31-17-3-2-4-19(13-17)37-25(26,27)28/h2-4,13,15-16,18H,5-12,14,29H2,1H3,(H,31,32)(H,30,33,34). The van der Waals surface area contributed by atoms with Crippen molar-refractivity contribution in [3.8, 4) is 5.75 Å². The van der Waals surface area contributed by atoms with Gasteiger partial charge in [-0.05, 0) is 70.0 Å². The predicted octanol–water partition coefficient (Wildman–Crippen LogP) is 5.14. The Morgan fingerprint density at radius 2 is 1.92 bits per heavy atom. The number of fused-ring (bicyclic) bond motifs is 1. The number of halogens is 3. The first kappa shape index (κ1) is 25.5. The summed E-state index contributed by atoms with van der Waals surface area (Å²) in [4.78, 5) is 14.1. The van der Waals surface area contributed by atoms with Gasteiger partial charge in [0.25, 0.3) is 0 Å². The second-order valence-electron chi connectivity index (χ2n) is 10.1. The summed E-state index contributed by atoms with van der Waals surface area (Å²) in [5.41, 5.74) is 7.44. The molecular formula is C25H32F3N7O2. The third kappa shape index (κ3) is 6.07. The van der Waals surface area contributed by atoms with Crippen molar-refractivity contribution in [2.75, 3.05) is 30.4 Å². The predicted molar refractivity (Wildman–Crippen MR) is 134 cm³/mol. The van der Waals surface area contributed by atoms with Crippen molar-refractivity contribution >= 4 is 28.7 Å². The maximum atomic E-state index is 12.7. The molecule has 1 aliphatic heterocycles. The molecule has 12 heteroatoms. The fourth-order valence-electron chi connectivity index (χ4n) is 5.14. The van der Waals surface area contributed by atoms with Crippen LogP contribution in [0.2, 0.25) is 0 Å². The Bertz CT molecular complexity index is 1220. The molecule has 2 fully saturated rings. The van der Waals surface area contributed by atoms with E-state index in [9.17, 15) is 13.2 Å². The molecule has 1 aromatic carbocycles. The zero-order valence-corrected chi connectivity index (χ0v) is 20.7. The van der Waals surface area contributed by atoms with Gasteiger partial charge >= 0.3 is 6.36 Å². The molecule has 0 spiro atoms. The quantitative estimate of drug-likeness (QED) is 0.394. The van der Waals surface area contributed by atoms with Crippen LogP contribution in [0.25, 0.3) is 11.2 Å². The van der Waals surface area contributed by atoms with Crippen molar-refractivity contribution in [3.05, 3.63) is 30.5 Å². The summed E-state index contributed by atoms with van der Waals surface area (Å²) >= 11 is 0. The monoisotopic (exact) mass is 519 g/mol. The first-order valence-electron chi connectivity index (χ1n) is 12.7. The van der Waals surface area contributed by atoms with E-state index in [2.05, 4.69) is 31.8 Å². The molecule has 3 heterocycles. The normalized spacial score (nSPS) is 22.1. The molecule has 200 valence electrons. The Hall–Kier alpha value is -3.12. The number of benzene rings is 1. The molecule has 0 unspecified atom stereocenters. The van der Waals surface area contributed by atoms with Crippen molar-refractivity contribution in [2.45, 2.75) is 63.4 Å². The molecule has 5 rings (SSSR count). The molecule has 3 aromatic rings. The van der Waals surface area contributed by atoms with E-state index >= 15 is 0 Å². The summed E-state index contributed by atoms with van der Waals surface area (Å²) < 4.78 is 49.9. The van der Waals surface area contributed by atoms with Crippen molar-refractivity contribution in [1.82, 2.24) is 19.5 Å². The van der Waals surface area contributed by atoms with E-state index in [0.717, 1.165) is 38.5 Å². The van der Waals surface area contributed by atoms with E-state index < -0.39 is 6.36 Å². The SMILES string of the molecule is CC1(Nc2ncc3nc(Nc4cccc(OC(F)(F)F)c4)n(C4CCC(CN)CC4)c3n2)CCOCC1. The summed E-state index contributed by atoms with van der Waals surface area (Å²) in [5, 5.41) is 6.67. The van der Waals surface area contributed by atoms with Crippen molar-refractivity contribution in [3.63, 3.8) is 0 Å². The number of nitrogens with one attached hydrogen (secondary N) is 2. The molecule has 0 bridgehead atoms. The summed E-state index contributed by atoms with van der Waals surface area (Å²) in [6.45, 7) is 4.16. The van der Waals surface area contributed by atoms with Gasteiger partial charge in [0.15, 0.2) is 5.65 Å². The fourth-order valence-corrected chi connectivity index (χ4v) is 5.14. The highest BCUT2D eigenvalue weighted by molar-refractivity contribution is 5.76. The van der Waals surface area contributed by atoms with Gasteiger partial charge in [-0.15, -0.1) is 13.2 Å². The molecule has 0 atom stereocenters. The first-order valence-corrected chi connectivity index (χ1v) is 12.7. The van der Waals surface area contributed by atoms with Crippen LogP contribution < -0.4 is 21.1 Å². The summed E-state index contributed by atoms with van der Waals surface area (Å²) in [6, 6.07) is 5.84. The molecule has 9 nitrogen and oxygen atoms in total. The van der Waals surface area contributed by atoms with Crippen LogP contribution in [0.4, 0.5) is 30.8 Å². The van der Waals surface area contributed by atoms with Crippen LogP contribution >= 0.6 is 0 Å². The van der Waals surface area contributed by atoms with Gasteiger partial charge in [0.1, 0.15) is 11.3 Å². The van der Waals surface area contributed by atoms with E-state index in [1.165, 1.54) is 18.2 Å². The van der Waals surface area contributed by atoms with E-state index in [0.29, 0.717) is 54.4 Å². The minimum Gasteiger partial charge on any atom is -0.406 e. The van der Waals surface area contributed by atoms with Gasteiger partial charge in [0.2, 0.25) is 11.9 Å². The number of alkyl halides is 3. The minimum absolute atomic E-state index is 0.117. The van der Waals surface area contributed by atoms with Crippen LogP contribution in [0, 0.1) is 5.92 Å². The Kier molecular flexibility index (Phi) is 7.13.